The lowest BCUT2D eigenvalue weighted by molar-refractivity contribution is -0.101. The van der Waals surface area contributed by atoms with Crippen molar-refractivity contribution in [1.82, 2.24) is 14.6 Å². The highest BCUT2D eigenvalue weighted by Gasteiger charge is 2.58. The summed E-state index contributed by atoms with van der Waals surface area (Å²) in [6.45, 7) is 3.06. The third-order valence-corrected chi connectivity index (χ3v) is 11.8. The number of rotatable bonds is 30. The maximum Gasteiger partial charge on any atom is 0.472 e. The number of methoxy groups -OCH3 is 1. The molecule has 0 aliphatic carbocycles. The second kappa shape index (κ2) is 24.2. The molecular formula is C42H66N5O10P. The maximum absolute atomic E-state index is 13.1. The predicted molar refractivity (Wildman–Crippen MR) is 220 cm³/mol. The van der Waals surface area contributed by atoms with Crippen LogP contribution in [0.15, 0.2) is 36.7 Å². The number of hydrogen-bond donors (Lipinski definition) is 4. The van der Waals surface area contributed by atoms with Crippen LogP contribution < -0.4 is 10.5 Å². The first-order valence-electron chi connectivity index (χ1n) is 21.0. The molecule has 0 spiro atoms. The van der Waals surface area contributed by atoms with E-state index in [1.165, 1.54) is 108 Å². The Kier molecular flexibility index (Phi) is 19.8. The molecule has 1 fully saturated rings. The van der Waals surface area contributed by atoms with Gasteiger partial charge in [0.1, 0.15) is 35.4 Å². The van der Waals surface area contributed by atoms with Crippen LogP contribution in [0.25, 0.3) is 5.52 Å². The smallest absolute Gasteiger partial charge is 0.472 e. The minimum atomic E-state index is -4.73. The van der Waals surface area contributed by atoms with E-state index < -0.39 is 37.8 Å². The fourth-order valence-electron chi connectivity index (χ4n) is 7.23. The number of unbranched alkanes of at least 4 members (excludes halogenated alkanes) is 15. The number of benzene rings is 1. The largest absolute Gasteiger partial charge is 0.496 e. The van der Waals surface area contributed by atoms with Crippen LogP contribution in [0.4, 0.5) is 5.82 Å². The van der Waals surface area contributed by atoms with Crippen molar-refractivity contribution in [2.24, 2.45) is 0 Å². The summed E-state index contributed by atoms with van der Waals surface area (Å²) in [5, 5.41) is 36.3. The number of phosphoric ester groups is 1. The molecule has 324 valence electrons. The predicted octanol–water partition coefficient (Wildman–Crippen LogP) is 7.53. The van der Waals surface area contributed by atoms with Gasteiger partial charge < -0.3 is 39.8 Å². The van der Waals surface area contributed by atoms with E-state index in [2.05, 4.69) is 23.1 Å². The molecule has 1 aliphatic rings. The van der Waals surface area contributed by atoms with Crippen LogP contribution in [0.3, 0.4) is 0 Å². The molecular weight excluding hydrogens is 765 g/mol. The Bertz CT molecular complexity index is 1760. The molecule has 1 unspecified atom stereocenters. The number of anilines is 1. The standard InChI is InChI=1S/C42H66N5O10P/c1-4-5-6-7-8-9-10-11-12-13-14-15-16-17-18-19-24-53-28-35(54-27-34-21-20-33(26-43)25-37(34)52-3)29-56-58(50,51)57-30-41(2)40(48)42(49,31-55-41)38-23-22-36-39(44)45-32-46-47(36)38/h20-23,25,32,35,40,48-49H,4-19,24,27-31H2,1-3H3,(H,50,51)(H2,44,45,46)/t35-,40+,41+,42-/m0/s1. The van der Waals surface area contributed by atoms with Gasteiger partial charge in [-0.05, 0) is 37.6 Å². The lowest BCUT2D eigenvalue weighted by atomic mass is 9.86. The highest BCUT2D eigenvalue weighted by Crippen LogP contribution is 2.47. The number of nitrogen functional groups attached to an aromatic ring is 1. The van der Waals surface area contributed by atoms with Gasteiger partial charge in [0, 0.05) is 12.2 Å². The minimum absolute atomic E-state index is 0.0591. The lowest BCUT2D eigenvalue weighted by Crippen LogP contribution is -2.49. The van der Waals surface area contributed by atoms with E-state index in [1.54, 1.807) is 30.3 Å². The highest BCUT2D eigenvalue weighted by atomic mass is 31.2. The molecule has 5 N–H and O–H groups in total. The van der Waals surface area contributed by atoms with Gasteiger partial charge in [-0.3, -0.25) is 9.05 Å². The first-order chi connectivity index (χ1) is 28.0. The average Bonchev–Trinajstić information content (AvgIpc) is 3.77. The Balaban J connectivity index is 1.20. The number of hydrogen-bond acceptors (Lipinski definition) is 13. The molecule has 0 amide bonds. The van der Waals surface area contributed by atoms with Crippen LogP contribution in [0.1, 0.15) is 133 Å². The van der Waals surface area contributed by atoms with E-state index in [4.69, 9.17) is 33.7 Å². The van der Waals surface area contributed by atoms with E-state index in [-0.39, 0.29) is 37.9 Å². The number of nitrogens with two attached hydrogens (primary N) is 1. The van der Waals surface area contributed by atoms with Crippen LogP contribution in [0.5, 0.6) is 5.75 Å². The van der Waals surface area contributed by atoms with E-state index in [1.807, 2.05) is 0 Å². The van der Waals surface area contributed by atoms with E-state index in [0.29, 0.717) is 29.0 Å². The zero-order valence-corrected chi connectivity index (χ0v) is 35.6. The Morgan fingerprint density at radius 3 is 2.24 bits per heavy atom. The molecule has 0 radical (unpaired) electrons. The summed E-state index contributed by atoms with van der Waals surface area (Å²) < 4.78 is 48.4. The molecule has 1 aliphatic heterocycles. The summed E-state index contributed by atoms with van der Waals surface area (Å²) in [7, 11) is -3.23. The number of aliphatic hydroxyl groups is 2. The molecule has 3 heterocycles. The number of ether oxygens (including phenoxy) is 4. The number of fused-ring (bicyclic) bond motifs is 1. The molecule has 5 atom stereocenters. The number of nitrogens with zero attached hydrogens (tertiary/aromatic N) is 4. The van der Waals surface area contributed by atoms with Gasteiger partial charge in [-0.25, -0.2) is 14.1 Å². The molecule has 0 bridgehead atoms. The Hall–Kier alpha value is -3.16. The van der Waals surface area contributed by atoms with Crippen molar-refractivity contribution < 1.29 is 47.7 Å². The summed E-state index contributed by atoms with van der Waals surface area (Å²) in [5.74, 6) is 0.656. The Morgan fingerprint density at radius 2 is 1.62 bits per heavy atom. The average molecular weight is 832 g/mol. The zero-order valence-electron chi connectivity index (χ0n) is 34.7. The van der Waals surface area contributed by atoms with Crippen LogP contribution in [0, 0.1) is 11.3 Å². The van der Waals surface area contributed by atoms with Crippen molar-refractivity contribution in [3.05, 3.63) is 53.5 Å². The Morgan fingerprint density at radius 1 is 0.983 bits per heavy atom. The molecule has 4 rings (SSSR count). The molecule has 3 aromatic rings. The zero-order chi connectivity index (χ0) is 41.9. The van der Waals surface area contributed by atoms with E-state index >= 15 is 0 Å². The molecule has 58 heavy (non-hydrogen) atoms. The number of aromatic nitrogens is 3. The van der Waals surface area contributed by atoms with Crippen LogP contribution in [-0.4, -0.2) is 87.7 Å². The topological polar surface area (TPSA) is 213 Å². The van der Waals surface area contributed by atoms with Crippen molar-refractivity contribution in [3.63, 3.8) is 0 Å². The van der Waals surface area contributed by atoms with Crippen LogP contribution in [-0.2, 0) is 40.0 Å². The molecule has 16 heteroatoms. The van der Waals surface area contributed by atoms with Gasteiger partial charge in [0.2, 0.25) is 0 Å². The van der Waals surface area contributed by atoms with E-state index in [0.717, 1.165) is 19.3 Å². The fourth-order valence-corrected chi connectivity index (χ4v) is 8.08. The van der Waals surface area contributed by atoms with Crippen molar-refractivity contribution in [2.75, 3.05) is 45.9 Å². The number of nitriles is 1. The van der Waals surface area contributed by atoms with Gasteiger partial charge in [-0.1, -0.05) is 109 Å². The van der Waals surface area contributed by atoms with Gasteiger partial charge in [0.15, 0.2) is 11.4 Å². The van der Waals surface area contributed by atoms with Gasteiger partial charge in [0.25, 0.3) is 0 Å². The molecule has 1 saturated heterocycles. The van der Waals surface area contributed by atoms with Gasteiger partial charge in [-0.2, -0.15) is 10.4 Å². The molecule has 2 aromatic heterocycles. The van der Waals surface area contributed by atoms with Crippen molar-refractivity contribution in [3.8, 4) is 11.8 Å². The maximum atomic E-state index is 13.1. The highest BCUT2D eigenvalue weighted by molar-refractivity contribution is 7.47. The normalized spacial score (nSPS) is 20.9. The lowest BCUT2D eigenvalue weighted by Gasteiger charge is -2.32. The van der Waals surface area contributed by atoms with Crippen molar-refractivity contribution in [2.45, 2.75) is 147 Å². The minimum Gasteiger partial charge on any atom is -0.496 e. The quantitative estimate of drug-likeness (QED) is 0.0378. The summed E-state index contributed by atoms with van der Waals surface area (Å²) in [6.07, 6.45) is 19.3. The van der Waals surface area contributed by atoms with E-state index in [9.17, 15) is 24.9 Å². The second-order valence-electron chi connectivity index (χ2n) is 15.6. The van der Waals surface area contributed by atoms with Crippen molar-refractivity contribution in [1.29, 1.82) is 5.26 Å². The van der Waals surface area contributed by atoms with Crippen LogP contribution in [0.2, 0.25) is 0 Å². The first kappa shape index (κ1) is 47.5. The monoisotopic (exact) mass is 831 g/mol. The third kappa shape index (κ3) is 14.2. The summed E-state index contributed by atoms with van der Waals surface area (Å²) in [4.78, 5) is 14.6. The van der Waals surface area contributed by atoms with Crippen molar-refractivity contribution >= 4 is 19.2 Å². The second-order valence-corrected chi connectivity index (χ2v) is 17.0. The molecule has 0 saturated carbocycles. The third-order valence-electron chi connectivity index (χ3n) is 10.9. The van der Waals surface area contributed by atoms with Crippen LogP contribution >= 0.6 is 7.82 Å². The fraction of sp³-hybridized carbons (Fsp3) is 0.690. The Labute approximate surface area is 343 Å². The first-order valence-corrected chi connectivity index (χ1v) is 22.5. The number of aliphatic hydroxyl groups excluding tert-OH is 1. The summed E-state index contributed by atoms with van der Waals surface area (Å²) >= 11 is 0. The molecule has 1 aromatic carbocycles. The number of phosphoric acid groups is 1. The van der Waals surface area contributed by atoms with Gasteiger partial charge in [-0.15, -0.1) is 0 Å². The molecule has 15 nitrogen and oxygen atoms in total. The summed E-state index contributed by atoms with van der Waals surface area (Å²) in [6, 6.07) is 10.2. The SMILES string of the molecule is CCCCCCCCCCCCCCCCCCOC[C@@H](COP(=O)(O)OC[C@@]1(C)OC[C@](O)(c2ccc3c(N)ncnn23)[C@@H]1O)OCc1ccc(C#N)cc1OC. The summed E-state index contributed by atoms with van der Waals surface area (Å²) in [5.41, 5.74) is 4.13. The van der Waals surface area contributed by atoms with Gasteiger partial charge >= 0.3 is 7.82 Å². The van der Waals surface area contributed by atoms with Gasteiger partial charge in [0.05, 0.1) is 57.5 Å².